The second kappa shape index (κ2) is 24.4. The molecule has 2 aliphatic rings. The Bertz CT molecular complexity index is 2050. The Labute approximate surface area is 381 Å². The molecule has 6 aromatic carbocycles. The monoisotopic (exact) mass is 882 g/mol. The van der Waals surface area contributed by atoms with Gasteiger partial charge in [0.05, 0.1) is 52.9 Å². The van der Waals surface area contributed by atoms with Gasteiger partial charge in [-0.1, -0.05) is 182 Å². The molecule has 0 aliphatic carbocycles. The minimum Gasteiger partial charge on any atom is -0.394 e. The number of aliphatic hydroxyl groups is 2. The van der Waals surface area contributed by atoms with Crippen LogP contribution in [0.4, 0.5) is 0 Å². The molecule has 0 unspecified atom stereocenters. The first-order valence-corrected chi connectivity index (χ1v) is 22.3. The van der Waals surface area contributed by atoms with Gasteiger partial charge in [0.15, 0.2) is 12.6 Å². The van der Waals surface area contributed by atoms with E-state index in [1.54, 1.807) is 0 Å². The molecule has 0 aromatic heterocycles. The molecular weight excluding hydrogens is 825 g/mol. The van der Waals surface area contributed by atoms with E-state index in [2.05, 4.69) is 0 Å². The number of rotatable bonds is 22. The Morgan fingerprint density at radius 2 is 0.508 bits per heavy atom. The number of benzene rings is 6. The maximum absolute atomic E-state index is 11.0. The first kappa shape index (κ1) is 46.4. The molecule has 2 fully saturated rings. The fourth-order valence-electron chi connectivity index (χ4n) is 8.14. The largest absolute Gasteiger partial charge is 0.394 e. The first-order valence-electron chi connectivity index (χ1n) is 22.3. The smallest absolute Gasteiger partial charge is 0.190 e. The molecule has 2 N–H and O–H groups in total. The molecule has 0 bridgehead atoms. The van der Waals surface area contributed by atoms with Crippen LogP contribution in [0.3, 0.4) is 0 Å². The van der Waals surface area contributed by atoms with Gasteiger partial charge < -0.3 is 52.8 Å². The molecule has 0 radical (unpaired) electrons. The third-order valence-corrected chi connectivity index (χ3v) is 11.5. The Morgan fingerprint density at radius 3 is 0.738 bits per heavy atom. The fraction of sp³-hybridized carbons (Fsp3) is 0.333. The van der Waals surface area contributed by atoms with Crippen LogP contribution in [0.2, 0.25) is 0 Å². The summed E-state index contributed by atoms with van der Waals surface area (Å²) in [4.78, 5) is 0. The molecule has 8 rings (SSSR count). The van der Waals surface area contributed by atoms with Gasteiger partial charge in [0.1, 0.15) is 48.8 Å². The first-order chi connectivity index (χ1) is 32.1. The number of hydrogen-bond acceptors (Lipinski definition) is 11. The van der Waals surface area contributed by atoms with Gasteiger partial charge in [-0.25, -0.2) is 0 Å². The standard InChI is InChI=1S/C54H58O11/c55-31-45-47(57-33-39-19-7-1-8-20-39)49(59-35-41-23-11-3-12-24-41)51(61-37-43-27-15-5-16-28-43)53(63-45)65-54-52(62-38-44-29-17-6-18-30-44)50(60-36-42-25-13-4-14-26-42)48(46(32-56)64-54)58-34-40-21-9-2-10-22-40/h1-30,45-56H,31-38H2/t45-,46-,47-,48-,49+,50+,51-,52-,53-,54-/m1/s1. The van der Waals surface area contributed by atoms with Crippen molar-refractivity contribution in [1.29, 1.82) is 0 Å². The topological polar surface area (TPSA) is 124 Å². The van der Waals surface area contributed by atoms with Crippen LogP contribution in [-0.4, -0.2) is 84.8 Å². The third-order valence-electron chi connectivity index (χ3n) is 11.5. The predicted octanol–water partition coefficient (Wildman–Crippen LogP) is 7.95. The van der Waals surface area contributed by atoms with Crippen molar-refractivity contribution in [2.24, 2.45) is 0 Å². The SMILES string of the molecule is OC[C@H]1O[C@H](O[C@H]2O[C@H](CO)[C@@H](OCc3ccccc3)[C@H](OCc3ccccc3)[C@H]2OCc2ccccc2)[C@H](OCc2ccccc2)[C@@H](OCc2ccccc2)[C@@H]1OCc1ccccc1. The van der Waals surface area contributed by atoms with Crippen molar-refractivity contribution in [3.8, 4) is 0 Å². The summed E-state index contributed by atoms with van der Waals surface area (Å²) in [6.07, 6.45) is -9.27. The summed E-state index contributed by atoms with van der Waals surface area (Å²) in [5.74, 6) is 0. The van der Waals surface area contributed by atoms with Crippen molar-refractivity contribution >= 4 is 0 Å². The van der Waals surface area contributed by atoms with Crippen LogP contribution in [-0.2, 0) is 82.3 Å². The summed E-state index contributed by atoms with van der Waals surface area (Å²) in [5.41, 5.74) is 5.62. The molecule has 11 heteroatoms. The Balaban J connectivity index is 1.15. The minimum absolute atomic E-state index is 0.187. The van der Waals surface area contributed by atoms with Crippen LogP contribution >= 0.6 is 0 Å². The number of aliphatic hydroxyl groups excluding tert-OH is 2. The van der Waals surface area contributed by atoms with Crippen LogP contribution in [0.15, 0.2) is 182 Å². The van der Waals surface area contributed by atoms with Gasteiger partial charge in [-0.15, -0.1) is 0 Å². The highest BCUT2D eigenvalue weighted by molar-refractivity contribution is 5.18. The van der Waals surface area contributed by atoms with E-state index in [-0.39, 0.29) is 39.6 Å². The van der Waals surface area contributed by atoms with Crippen molar-refractivity contribution in [2.45, 2.75) is 101 Å². The Morgan fingerprint density at radius 1 is 0.292 bits per heavy atom. The van der Waals surface area contributed by atoms with Gasteiger partial charge in [-0.05, 0) is 33.4 Å². The van der Waals surface area contributed by atoms with Crippen LogP contribution < -0.4 is 0 Å². The molecular formula is C54H58O11. The zero-order chi connectivity index (χ0) is 44.5. The molecule has 340 valence electrons. The summed E-state index contributed by atoms with van der Waals surface area (Å²) >= 11 is 0. The maximum Gasteiger partial charge on any atom is 0.190 e. The van der Waals surface area contributed by atoms with Crippen molar-refractivity contribution in [3.63, 3.8) is 0 Å². The lowest BCUT2D eigenvalue weighted by Gasteiger charge is -2.49. The van der Waals surface area contributed by atoms with Gasteiger partial charge in [0, 0.05) is 0 Å². The second-order valence-electron chi connectivity index (χ2n) is 16.2. The summed E-state index contributed by atoms with van der Waals surface area (Å²) in [7, 11) is 0. The third kappa shape index (κ3) is 13.0. The molecule has 0 amide bonds. The zero-order valence-electron chi connectivity index (χ0n) is 36.3. The van der Waals surface area contributed by atoms with E-state index < -0.39 is 74.6 Å². The van der Waals surface area contributed by atoms with E-state index in [0.717, 1.165) is 33.4 Å². The van der Waals surface area contributed by atoms with E-state index in [0.29, 0.717) is 0 Å². The molecule has 2 heterocycles. The average molecular weight is 883 g/mol. The summed E-state index contributed by atoms with van der Waals surface area (Å²) in [5, 5.41) is 22.1. The van der Waals surface area contributed by atoms with Gasteiger partial charge in [-0.2, -0.15) is 0 Å². The van der Waals surface area contributed by atoms with E-state index >= 15 is 0 Å². The Kier molecular flexibility index (Phi) is 17.4. The molecule has 0 spiro atoms. The summed E-state index contributed by atoms with van der Waals surface area (Å²) in [6.45, 7) is 0.461. The van der Waals surface area contributed by atoms with Gasteiger partial charge in [0.25, 0.3) is 0 Å². The number of hydrogen-bond donors (Lipinski definition) is 2. The summed E-state index contributed by atoms with van der Waals surface area (Å²) < 4.78 is 61.0. The molecule has 10 atom stereocenters. The van der Waals surface area contributed by atoms with Gasteiger partial charge in [-0.3, -0.25) is 0 Å². The van der Waals surface area contributed by atoms with Crippen LogP contribution in [0.5, 0.6) is 0 Å². The number of ether oxygens (including phenoxy) is 9. The van der Waals surface area contributed by atoms with E-state index in [1.807, 2.05) is 182 Å². The van der Waals surface area contributed by atoms with E-state index in [9.17, 15) is 10.2 Å². The van der Waals surface area contributed by atoms with Crippen LogP contribution in [0.1, 0.15) is 33.4 Å². The van der Waals surface area contributed by atoms with Crippen molar-refractivity contribution < 1.29 is 52.8 Å². The van der Waals surface area contributed by atoms with Crippen molar-refractivity contribution in [2.75, 3.05) is 13.2 Å². The van der Waals surface area contributed by atoms with Crippen LogP contribution in [0, 0.1) is 0 Å². The molecule has 65 heavy (non-hydrogen) atoms. The molecule has 2 saturated heterocycles. The second-order valence-corrected chi connectivity index (χ2v) is 16.2. The highest BCUT2D eigenvalue weighted by Crippen LogP contribution is 2.36. The van der Waals surface area contributed by atoms with E-state index in [4.69, 9.17) is 42.6 Å². The lowest BCUT2D eigenvalue weighted by atomic mass is 9.96. The minimum atomic E-state index is -1.20. The zero-order valence-corrected chi connectivity index (χ0v) is 36.3. The normalized spacial score (nSPS) is 25.6. The summed E-state index contributed by atoms with van der Waals surface area (Å²) in [6, 6.07) is 58.9. The molecule has 11 nitrogen and oxygen atoms in total. The van der Waals surface area contributed by atoms with Crippen LogP contribution in [0.25, 0.3) is 0 Å². The lowest BCUT2D eigenvalue weighted by Crippen LogP contribution is -2.65. The molecule has 0 saturated carbocycles. The highest BCUT2D eigenvalue weighted by Gasteiger charge is 2.54. The maximum atomic E-state index is 11.0. The van der Waals surface area contributed by atoms with Gasteiger partial charge in [0.2, 0.25) is 0 Å². The fourth-order valence-corrected chi connectivity index (χ4v) is 8.14. The van der Waals surface area contributed by atoms with E-state index in [1.165, 1.54) is 0 Å². The predicted molar refractivity (Wildman–Crippen MR) is 243 cm³/mol. The quantitative estimate of drug-likeness (QED) is 0.0691. The highest BCUT2D eigenvalue weighted by atomic mass is 16.8. The lowest BCUT2D eigenvalue weighted by molar-refractivity contribution is -0.393. The average Bonchev–Trinajstić information content (AvgIpc) is 3.37. The van der Waals surface area contributed by atoms with Crippen molar-refractivity contribution in [3.05, 3.63) is 215 Å². The van der Waals surface area contributed by atoms with Crippen molar-refractivity contribution in [1.82, 2.24) is 0 Å². The molecule has 6 aromatic rings. The molecule has 2 aliphatic heterocycles. The van der Waals surface area contributed by atoms with Gasteiger partial charge >= 0.3 is 0 Å². The Hall–Kier alpha value is -5.12.